The van der Waals surface area contributed by atoms with Crippen LogP contribution in [0.25, 0.3) is 0 Å². The second kappa shape index (κ2) is 8.39. The first-order chi connectivity index (χ1) is 9.65. The Bertz CT molecular complexity index is 431. The van der Waals surface area contributed by atoms with Crippen LogP contribution in [0.1, 0.15) is 13.3 Å². The zero-order valence-electron chi connectivity index (χ0n) is 11.9. The zero-order valence-corrected chi connectivity index (χ0v) is 11.9. The van der Waals surface area contributed by atoms with Crippen molar-refractivity contribution < 1.29 is 19.7 Å². The molecular formula is C14H22N2O4. The number of anilines is 2. The van der Waals surface area contributed by atoms with E-state index in [4.69, 9.17) is 14.9 Å². The van der Waals surface area contributed by atoms with Gasteiger partial charge in [-0.25, -0.2) is 0 Å². The molecule has 0 saturated carbocycles. The summed E-state index contributed by atoms with van der Waals surface area (Å²) in [4.78, 5) is 13.2. The van der Waals surface area contributed by atoms with Gasteiger partial charge in [-0.3, -0.25) is 4.79 Å². The Kier molecular flexibility index (Phi) is 6.83. The van der Waals surface area contributed by atoms with Crippen molar-refractivity contribution in [1.82, 2.24) is 0 Å². The quantitative estimate of drug-likeness (QED) is 0.658. The third kappa shape index (κ3) is 4.40. The van der Waals surface area contributed by atoms with Crippen molar-refractivity contribution in [2.24, 2.45) is 0 Å². The molecule has 0 aliphatic rings. The van der Waals surface area contributed by atoms with E-state index in [0.29, 0.717) is 30.9 Å². The Morgan fingerprint density at radius 2 is 1.95 bits per heavy atom. The molecule has 20 heavy (non-hydrogen) atoms. The monoisotopic (exact) mass is 282 g/mol. The summed E-state index contributed by atoms with van der Waals surface area (Å²) in [6, 6.07) is 5.28. The number of amides is 1. The van der Waals surface area contributed by atoms with Crippen LogP contribution < -0.4 is 15.0 Å². The van der Waals surface area contributed by atoms with Gasteiger partial charge < -0.3 is 25.2 Å². The largest absolute Gasteiger partial charge is 0.495 e. The standard InChI is InChI=1S/C14H22N2O4/c1-3-14(19)15-11-4-5-13(20-2)12(10-11)16(6-8-17)7-9-18/h4-5,10,17-18H,3,6-9H2,1-2H3,(H,15,19). The number of aliphatic hydroxyl groups is 2. The van der Waals surface area contributed by atoms with Crippen LogP contribution in [0, 0.1) is 0 Å². The minimum absolute atomic E-state index is 0.0330. The van der Waals surface area contributed by atoms with E-state index in [1.165, 1.54) is 0 Å². The lowest BCUT2D eigenvalue weighted by molar-refractivity contribution is -0.115. The Labute approximate surface area is 119 Å². The van der Waals surface area contributed by atoms with Crippen molar-refractivity contribution >= 4 is 17.3 Å². The number of ether oxygens (including phenoxy) is 1. The zero-order chi connectivity index (χ0) is 15.0. The number of methoxy groups -OCH3 is 1. The van der Waals surface area contributed by atoms with Crippen molar-refractivity contribution in [3.63, 3.8) is 0 Å². The normalized spacial score (nSPS) is 10.2. The lowest BCUT2D eigenvalue weighted by Gasteiger charge is -2.25. The second-order valence-corrected chi connectivity index (χ2v) is 4.22. The summed E-state index contributed by atoms with van der Waals surface area (Å²) in [5.41, 5.74) is 1.39. The number of hydrogen-bond acceptors (Lipinski definition) is 5. The summed E-state index contributed by atoms with van der Waals surface area (Å²) in [6.07, 6.45) is 0.401. The maximum Gasteiger partial charge on any atom is 0.224 e. The summed E-state index contributed by atoms with van der Waals surface area (Å²) >= 11 is 0. The van der Waals surface area contributed by atoms with Crippen LogP contribution in [-0.4, -0.2) is 49.5 Å². The molecule has 0 fully saturated rings. The molecule has 0 aliphatic carbocycles. The lowest BCUT2D eigenvalue weighted by atomic mass is 10.2. The van der Waals surface area contributed by atoms with Gasteiger partial charge >= 0.3 is 0 Å². The smallest absolute Gasteiger partial charge is 0.224 e. The molecule has 0 radical (unpaired) electrons. The van der Waals surface area contributed by atoms with Gasteiger partial charge in [0.1, 0.15) is 5.75 Å². The van der Waals surface area contributed by atoms with Gasteiger partial charge in [-0.1, -0.05) is 6.92 Å². The molecule has 0 saturated heterocycles. The molecule has 1 aromatic rings. The second-order valence-electron chi connectivity index (χ2n) is 4.22. The topological polar surface area (TPSA) is 82.0 Å². The maximum atomic E-state index is 11.4. The molecule has 1 aromatic carbocycles. The molecule has 0 unspecified atom stereocenters. The minimum Gasteiger partial charge on any atom is -0.495 e. The van der Waals surface area contributed by atoms with Crippen LogP contribution in [-0.2, 0) is 4.79 Å². The molecule has 112 valence electrons. The molecule has 3 N–H and O–H groups in total. The third-order valence-electron chi connectivity index (χ3n) is 2.86. The Hall–Kier alpha value is -1.79. The van der Waals surface area contributed by atoms with Gasteiger partial charge in [-0.2, -0.15) is 0 Å². The van der Waals surface area contributed by atoms with E-state index in [2.05, 4.69) is 5.32 Å². The van der Waals surface area contributed by atoms with Crippen LogP contribution in [0.5, 0.6) is 5.75 Å². The summed E-state index contributed by atoms with van der Waals surface area (Å²) in [7, 11) is 1.55. The number of hydrogen-bond donors (Lipinski definition) is 3. The molecule has 0 aromatic heterocycles. The number of benzene rings is 1. The molecule has 0 heterocycles. The van der Waals surface area contributed by atoms with Gasteiger partial charge in [0.15, 0.2) is 0 Å². The molecule has 0 spiro atoms. The van der Waals surface area contributed by atoms with Crippen LogP contribution in [0.3, 0.4) is 0 Å². The van der Waals surface area contributed by atoms with Gasteiger partial charge in [0.25, 0.3) is 0 Å². The number of carbonyl (C=O) groups excluding carboxylic acids is 1. The van der Waals surface area contributed by atoms with E-state index in [1.54, 1.807) is 37.1 Å². The number of carbonyl (C=O) groups is 1. The fraction of sp³-hybridized carbons (Fsp3) is 0.500. The van der Waals surface area contributed by atoms with Crippen molar-refractivity contribution in [3.05, 3.63) is 18.2 Å². The average Bonchev–Trinajstić information content (AvgIpc) is 2.46. The van der Waals surface area contributed by atoms with Crippen LogP contribution in [0.2, 0.25) is 0 Å². The van der Waals surface area contributed by atoms with E-state index < -0.39 is 0 Å². The van der Waals surface area contributed by atoms with Gasteiger partial charge in [0.2, 0.25) is 5.91 Å². The van der Waals surface area contributed by atoms with Gasteiger partial charge in [-0.05, 0) is 18.2 Å². The SMILES string of the molecule is CCC(=O)Nc1ccc(OC)c(N(CCO)CCO)c1. The van der Waals surface area contributed by atoms with Crippen LogP contribution in [0.4, 0.5) is 11.4 Å². The van der Waals surface area contributed by atoms with E-state index >= 15 is 0 Å². The third-order valence-corrected chi connectivity index (χ3v) is 2.86. The van der Waals surface area contributed by atoms with Gasteiger partial charge in [0, 0.05) is 25.2 Å². The summed E-state index contributed by atoms with van der Waals surface area (Å²) < 4.78 is 5.29. The van der Waals surface area contributed by atoms with Crippen LogP contribution in [0.15, 0.2) is 18.2 Å². The first kappa shape index (κ1) is 16.3. The molecule has 1 amide bonds. The highest BCUT2D eigenvalue weighted by atomic mass is 16.5. The molecule has 0 atom stereocenters. The minimum atomic E-state index is -0.0722. The lowest BCUT2D eigenvalue weighted by Crippen LogP contribution is -2.30. The molecule has 1 rings (SSSR count). The highest BCUT2D eigenvalue weighted by Crippen LogP contribution is 2.31. The van der Waals surface area contributed by atoms with Gasteiger partial charge in [0.05, 0.1) is 26.0 Å². The van der Waals surface area contributed by atoms with E-state index in [0.717, 1.165) is 5.69 Å². The fourth-order valence-electron chi connectivity index (χ4n) is 1.86. The molecule has 6 heteroatoms. The Balaban J connectivity index is 3.05. The first-order valence-electron chi connectivity index (χ1n) is 6.60. The number of nitrogens with zero attached hydrogens (tertiary/aromatic N) is 1. The maximum absolute atomic E-state index is 11.4. The first-order valence-corrected chi connectivity index (χ1v) is 6.60. The molecule has 6 nitrogen and oxygen atoms in total. The fourth-order valence-corrected chi connectivity index (χ4v) is 1.86. The van der Waals surface area contributed by atoms with Crippen molar-refractivity contribution in [3.8, 4) is 5.75 Å². The Morgan fingerprint density at radius 1 is 1.30 bits per heavy atom. The van der Waals surface area contributed by atoms with E-state index in [1.807, 2.05) is 0 Å². The van der Waals surface area contributed by atoms with Crippen molar-refractivity contribution in [2.75, 3.05) is 43.6 Å². The van der Waals surface area contributed by atoms with Crippen molar-refractivity contribution in [2.45, 2.75) is 13.3 Å². The predicted octanol–water partition coefficient (Wildman–Crippen LogP) is 0.835. The van der Waals surface area contributed by atoms with Crippen molar-refractivity contribution in [1.29, 1.82) is 0 Å². The van der Waals surface area contributed by atoms with Gasteiger partial charge in [-0.15, -0.1) is 0 Å². The molecular weight excluding hydrogens is 260 g/mol. The Morgan fingerprint density at radius 3 is 2.45 bits per heavy atom. The molecule has 0 bridgehead atoms. The number of nitrogens with one attached hydrogen (secondary N) is 1. The number of rotatable bonds is 8. The van der Waals surface area contributed by atoms with Crippen LogP contribution >= 0.6 is 0 Å². The predicted molar refractivity (Wildman–Crippen MR) is 78.3 cm³/mol. The van der Waals surface area contributed by atoms with E-state index in [9.17, 15) is 4.79 Å². The summed E-state index contributed by atoms with van der Waals surface area (Å²) in [5, 5.41) is 21.0. The summed E-state index contributed by atoms with van der Waals surface area (Å²) in [6.45, 7) is 2.47. The van der Waals surface area contributed by atoms with E-state index in [-0.39, 0.29) is 19.1 Å². The highest BCUT2D eigenvalue weighted by Gasteiger charge is 2.13. The molecule has 0 aliphatic heterocycles. The average molecular weight is 282 g/mol. The number of aliphatic hydroxyl groups excluding tert-OH is 2. The highest BCUT2D eigenvalue weighted by molar-refractivity contribution is 5.91. The summed E-state index contributed by atoms with van der Waals surface area (Å²) in [5.74, 6) is 0.554.